The van der Waals surface area contributed by atoms with Gasteiger partial charge < -0.3 is 15.0 Å². The third-order valence-electron chi connectivity index (χ3n) is 5.58. The van der Waals surface area contributed by atoms with E-state index in [1.807, 2.05) is 61.5 Å². The molecule has 1 aliphatic rings. The minimum atomic E-state index is -0.526. The van der Waals surface area contributed by atoms with Crippen LogP contribution in [0, 0.1) is 0 Å². The Balaban J connectivity index is 1.73. The highest BCUT2D eigenvalue weighted by Crippen LogP contribution is 2.19. The molecule has 1 unspecified atom stereocenters. The predicted octanol–water partition coefficient (Wildman–Crippen LogP) is 3.71. The fourth-order valence-corrected chi connectivity index (χ4v) is 3.77. The molecule has 0 heterocycles. The van der Waals surface area contributed by atoms with E-state index in [1.165, 1.54) is 0 Å². The van der Waals surface area contributed by atoms with Crippen LogP contribution in [0.4, 0.5) is 0 Å². The number of nitrogens with one attached hydrogen (secondary N) is 1. The van der Waals surface area contributed by atoms with Crippen LogP contribution in [-0.2, 0) is 22.6 Å². The molecule has 2 aromatic carbocycles. The van der Waals surface area contributed by atoms with E-state index < -0.39 is 6.04 Å². The molecule has 0 spiro atoms. The third-order valence-corrected chi connectivity index (χ3v) is 5.58. The Kier molecular flexibility index (Phi) is 7.28. The molecule has 1 fully saturated rings. The number of rotatable bonds is 8. The zero-order chi connectivity index (χ0) is 20.6. The Hall–Kier alpha value is -2.82. The van der Waals surface area contributed by atoms with Gasteiger partial charge >= 0.3 is 0 Å². The predicted molar refractivity (Wildman–Crippen MR) is 114 cm³/mol. The summed E-state index contributed by atoms with van der Waals surface area (Å²) in [5, 5.41) is 3.13. The van der Waals surface area contributed by atoms with Crippen LogP contribution in [0.5, 0.6) is 5.75 Å². The van der Waals surface area contributed by atoms with E-state index in [0.29, 0.717) is 6.54 Å². The molecule has 0 radical (unpaired) electrons. The van der Waals surface area contributed by atoms with Crippen molar-refractivity contribution in [3.8, 4) is 5.75 Å². The van der Waals surface area contributed by atoms with Crippen LogP contribution < -0.4 is 10.1 Å². The number of carbonyl (C=O) groups is 2. The van der Waals surface area contributed by atoms with E-state index >= 15 is 0 Å². The highest BCUT2D eigenvalue weighted by molar-refractivity contribution is 5.88. The van der Waals surface area contributed by atoms with Crippen molar-refractivity contribution >= 4 is 11.8 Å². The lowest BCUT2D eigenvalue weighted by Crippen LogP contribution is -2.50. The van der Waals surface area contributed by atoms with E-state index in [-0.39, 0.29) is 24.3 Å². The largest absolute Gasteiger partial charge is 0.497 e. The molecule has 1 saturated carbocycles. The number of hydrogen-bond donors (Lipinski definition) is 1. The summed E-state index contributed by atoms with van der Waals surface area (Å²) < 4.78 is 5.19. The van der Waals surface area contributed by atoms with Crippen LogP contribution in [0.15, 0.2) is 54.6 Å². The quantitative estimate of drug-likeness (QED) is 0.742. The van der Waals surface area contributed by atoms with Crippen molar-refractivity contribution in [3.05, 3.63) is 65.7 Å². The van der Waals surface area contributed by atoms with Gasteiger partial charge in [0.2, 0.25) is 11.8 Å². The maximum Gasteiger partial charge on any atom is 0.242 e. The Morgan fingerprint density at radius 1 is 1.03 bits per heavy atom. The van der Waals surface area contributed by atoms with Crippen LogP contribution in [0.1, 0.15) is 43.7 Å². The van der Waals surface area contributed by atoms with Crippen molar-refractivity contribution in [2.45, 2.75) is 57.7 Å². The molecule has 5 heteroatoms. The molecule has 1 N–H and O–H groups in total. The van der Waals surface area contributed by atoms with Crippen molar-refractivity contribution in [1.29, 1.82) is 0 Å². The van der Waals surface area contributed by atoms with E-state index in [9.17, 15) is 9.59 Å². The molecule has 0 aliphatic heterocycles. The zero-order valence-electron chi connectivity index (χ0n) is 17.3. The first-order valence-corrected chi connectivity index (χ1v) is 10.3. The first-order chi connectivity index (χ1) is 14.1. The molecule has 154 valence electrons. The molecule has 2 amide bonds. The number of hydrogen-bond acceptors (Lipinski definition) is 3. The first kappa shape index (κ1) is 20.9. The van der Waals surface area contributed by atoms with Gasteiger partial charge in [-0.05, 0) is 43.0 Å². The van der Waals surface area contributed by atoms with Gasteiger partial charge in [0, 0.05) is 12.6 Å². The number of amides is 2. The van der Waals surface area contributed by atoms with Gasteiger partial charge in [-0.25, -0.2) is 0 Å². The maximum atomic E-state index is 13.2. The molecule has 1 atom stereocenters. The topological polar surface area (TPSA) is 58.6 Å². The molecule has 0 aromatic heterocycles. The molecule has 29 heavy (non-hydrogen) atoms. The van der Waals surface area contributed by atoms with Gasteiger partial charge in [0.25, 0.3) is 0 Å². The fourth-order valence-electron chi connectivity index (χ4n) is 3.77. The van der Waals surface area contributed by atoms with Crippen LogP contribution in [0.2, 0.25) is 0 Å². The number of benzene rings is 2. The zero-order valence-corrected chi connectivity index (χ0v) is 17.3. The van der Waals surface area contributed by atoms with E-state index in [4.69, 9.17) is 4.74 Å². The number of ether oxygens (including phenoxy) is 1. The number of carbonyl (C=O) groups excluding carboxylic acids is 2. The van der Waals surface area contributed by atoms with E-state index in [1.54, 1.807) is 12.0 Å². The van der Waals surface area contributed by atoms with Crippen LogP contribution in [-0.4, -0.2) is 35.9 Å². The number of nitrogens with zero attached hydrogens (tertiary/aromatic N) is 1. The lowest BCUT2D eigenvalue weighted by atomic mass is 10.1. The van der Waals surface area contributed by atoms with Gasteiger partial charge in [-0.15, -0.1) is 0 Å². The van der Waals surface area contributed by atoms with Crippen LogP contribution in [0.3, 0.4) is 0 Å². The molecular weight excluding hydrogens is 364 g/mol. The minimum Gasteiger partial charge on any atom is -0.497 e. The standard InChI is InChI=1S/C24H30N2O3/c1-18(24(28)25-21-10-6-7-11-21)26(17-20-8-4-3-5-9-20)23(27)16-19-12-14-22(29-2)15-13-19/h3-5,8-9,12-15,18,21H,6-7,10-11,16-17H2,1-2H3,(H,25,28). The molecule has 1 aliphatic carbocycles. The van der Waals surface area contributed by atoms with Gasteiger partial charge in [-0.3, -0.25) is 9.59 Å². The van der Waals surface area contributed by atoms with Crippen molar-refractivity contribution in [1.82, 2.24) is 10.2 Å². The molecule has 0 saturated heterocycles. The summed E-state index contributed by atoms with van der Waals surface area (Å²) in [6.07, 6.45) is 4.61. The second-order valence-corrected chi connectivity index (χ2v) is 7.70. The molecular formula is C24H30N2O3. The highest BCUT2D eigenvalue weighted by Gasteiger charge is 2.28. The monoisotopic (exact) mass is 394 g/mol. The average molecular weight is 395 g/mol. The lowest BCUT2D eigenvalue weighted by Gasteiger charge is -2.30. The normalized spacial score (nSPS) is 15.0. The Bertz CT molecular complexity index is 799. The summed E-state index contributed by atoms with van der Waals surface area (Å²) in [6.45, 7) is 2.23. The Labute approximate surface area is 173 Å². The van der Waals surface area contributed by atoms with Gasteiger partial charge in [-0.2, -0.15) is 0 Å². The summed E-state index contributed by atoms with van der Waals surface area (Å²) in [4.78, 5) is 27.7. The molecule has 2 aromatic rings. The minimum absolute atomic E-state index is 0.0620. The van der Waals surface area contributed by atoms with E-state index in [2.05, 4.69) is 5.32 Å². The van der Waals surface area contributed by atoms with Crippen LogP contribution >= 0.6 is 0 Å². The van der Waals surface area contributed by atoms with Gasteiger partial charge in [0.15, 0.2) is 0 Å². The van der Waals surface area contributed by atoms with Gasteiger partial charge in [-0.1, -0.05) is 55.3 Å². The van der Waals surface area contributed by atoms with Crippen molar-refractivity contribution in [3.63, 3.8) is 0 Å². The van der Waals surface area contributed by atoms with Crippen molar-refractivity contribution in [2.75, 3.05) is 7.11 Å². The summed E-state index contributed by atoms with van der Waals surface area (Å²) in [6, 6.07) is 17.0. The summed E-state index contributed by atoms with van der Waals surface area (Å²) in [7, 11) is 1.62. The highest BCUT2D eigenvalue weighted by atomic mass is 16.5. The van der Waals surface area contributed by atoms with Gasteiger partial charge in [0.1, 0.15) is 11.8 Å². The summed E-state index contributed by atoms with van der Waals surface area (Å²) in [5.41, 5.74) is 1.91. The van der Waals surface area contributed by atoms with Crippen LogP contribution in [0.25, 0.3) is 0 Å². The SMILES string of the molecule is COc1ccc(CC(=O)N(Cc2ccccc2)C(C)C(=O)NC2CCCC2)cc1. The summed E-state index contributed by atoms with van der Waals surface area (Å²) >= 11 is 0. The number of methoxy groups -OCH3 is 1. The van der Waals surface area contributed by atoms with E-state index in [0.717, 1.165) is 42.6 Å². The lowest BCUT2D eigenvalue weighted by molar-refractivity contribution is -0.140. The Morgan fingerprint density at radius 2 is 1.69 bits per heavy atom. The molecule has 0 bridgehead atoms. The smallest absolute Gasteiger partial charge is 0.242 e. The molecule has 3 rings (SSSR count). The summed E-state index contributed by atoms with van der Waals surface area (Å²) in [5.74, 6) is 0.621. The van der Waals surface area contributed by atoms with Crippen molar-refractivity contribution < 1.29 is 14.3 Å². The second-order valence-electron chi connectivity index (χ2n) is 7.70. The fraction of sp³-hybridized carbons (Fsp3) is 0.417. The van der Waals surface area contributed by atoms with Crippen molar-refractivity contribution in [2.24, 2.45) is 0 Å². The maximum absolute atomic E-state index is 13.2. The average Bonchev–Trinajstić information content (AvgIpc) is 3.25. The molecule has 5 nitrogen and oxygen atoms in total. The Morgan fingerprint density at radius 3 is 2.31 bits per heavy atom. The second kappa shape index (κ2) is 10.1. The van der Waals surface area contributed by atoms with Gasteiger partial charge in [0.05, 0.1) is 13.5 Å². The third kappa shape index (κ3) is 5.83. The first-order valence-electron chi connectivity index (χ1n) is 10.3.